The fourth-order valence-electron chi connectivity index (χ4n) is 4.16. The van der Waals surface area contributed by atoms with E-state index in [1.807, 2.05) is 0 Å². The monoisotopic (exact) mass is 316 g/mol. The van der Waals surface area contributed by atoms with Gasteiger partial charge >= 0.3 is 11.9 Å². The molecule has 1 saturated heterocycles. The highest BCUT2D eigenvalue weighted by atomic mass is 16.7. The van der Waals surface area contributed by atoms with Crippen molar-refractivity contribution in [1.82, 2.24) is 0 Å². The largest absolute Gasteiger partial charge is 0.458 e. The zero-order chi connectivity index (χ0) is 16.1. The molecule has 0 radical (unpaired) electrons. The first-order valence-electron chi connectivity index (χ1n) is 8.22. The molecule has 0 spiro atoms. The minimum absolute atomic E-state index is 0.0511. The second-order valence-corrected chi connectivity index (χ2v) is 6.82. The lowest BCUT2D eigenvalue weighted by atomic mass is 9.84. The molecule has 0 amide bonds. The molecule has 1 fully saturated rings. The number of hydrogen-bond donors (Lipinski definition) is 0. The summed E-state index contributed by atoms with van der Waals surface area (Å²) in [5.74, 6) is -0.153. The highest BCUT2D eigenvalue weighted by Crippen LogP contribution is 2.50. The lowest BCUT2D eigenvalue weighted by Crippen LogP contribution is -2.19. The highest BCUT2D eigenvalue weighted by Gasteiger charge is 2.49. The van der Waals surface area contributed by atoms with E-state index >= 15 is 0 Å². The van der Waals surface area contributed by atoms with Gasteiger partial charge in [0, 0.05) is 17.6 Å². The predicted molar refractivity (Wildman–Crippen MR) is 80.8 cm³/mol. The Morgan fingerprint density at radius 2 is 2.09 bits per heavy atom. The van der Waals surface area contributed by atoms with Crippen LogP contribution in [0.2, 0.25) is 0 Å². The molecule has 4 atom stereocenters. The number of fused-ring (bicyclic) bond motifs is 2. The van der Waals surface area contributed by atoms with E-state index < -0.39 is 6.29 Å². The summed E-state index contributed by atoms with van der Waals surface area (Å²) in [6.45, 7) is 3.89. The standard InChI is InChI=1S/C18H20O5/c1-9-4-3-5-11-7-12-13(18(20)23-16(12)15(9)11)8-21-14-6-10(2)17(19)22-14/h6,8-9,12,14,16H,3-5,7H2,1-2H3/b13-8+. The number of carbonyl (C=O) groups excluding carboxylic acids is 2. The first kappa shape index (κ1) is 14.5. The number of ether oxygens (including phenoxy) is 3. The van der Waals surface area contributed by atoms with Crippen LogP contribution in [0.5, 0.6) is 0 Å². The number of hydrogen-bond acceptors (Lipinski definition) is 5. The van der Waals surface area contributed by atoms with Crippen molar-refractivity contribution < 1.29 is 23.8 Å². The second-order valence-electron chi connectivity index (χ2n) is 6.82. The molecular formula is C18H20O5. The van der Waals surface area contributed by atoms with E-state index in [9.17, 15) is 9.59 Å². The minimum atomic E-state index is -0.746. The molecule has 5 heteroatoms. The van der Waals surface area contributed by atoms with E-state index in [1.165, 1.54) is 23.8 Å². The highest BCUT2D eigenvalue weighted by molar-refractivity contribution is 5.92. The first-order valence-corrected chi connectivity index (χ1v) is 8.22. The summed E-state index contributed by atoms with van der Waals surface area (Å²) in [6.07, 6.45) is 6.55. The molecule has 4 aliphatic rings. The summed E-state index contributed by atoms with van der Waals surface area (Å²) in [7, 11) is 0. The summed E-state index contributed by atoms with van der Waals surface area (Å²) in [5, 5.41) is 0. The van der Waals surface area contributed by atoms with Crippen molar-refractivity contribution in [2.75, 3.05) is 0 Å². The number of cyclic esters (lactones) is 1. The second kappa shape index (κ2) is 5.25. The molecule has 2 aliphatic heterocycles. The Kier molecular flexibility index (Phi) is 3.32. The molecule has 0 aromatic rings. The lowest BCUT2D eigenvalue weighted by Gasteiger charge is -2.24. The van der Waals surface area contributed by atoms with Crippen molar-refractivity contribution in [3.63, 3.8) is 0 Å². The molecule has 0 bridgehead atoms. The van der Waals surface area contributed by atoms with Gasteiger partial charge in [-0.15, -0.1) is 0 Å². The number of esters is 2. The van der Waals surface area contributed by atoms with Crippen LogP contribution in [0.15, 0.2) is 34.6 Å². The Labute approximate surface area is 135 Å². The molecule has 4 rings (SSSR count). The van der Waals surface area contributed by atoms with E-state index in [2.05, 4.69) is 6.92 Å². The first-order chi connectivity index (χ1) is 11.0. The zero-order valence-corrected chi connectivity index (χ0v) is 13.3. The van der Waals surface area contributed by atoms with Crippen LogP contribution in [0.25, 0.3) is 0 Å². The van der Waals surface area contributed by atoms with E-state index in [-0.39, 0.29) is 24.0 Å². The Morgan fingerprint density at radius 3 is 2.83 bits per heavy atom. The van der Waals surface area contributed by atoms with E-state index in [4.69, 9.17) is 14.2 Å². The molecule has 4 unspecified atom stereocenters. The Bertz CT molecular complexity index is 669. The summed E-state index contributed by atoms with van der Waals surface area (Å²) in [6, 6.07) is 0. The molecule has 2 aliphatic carbocycles. The Balaban J connectivity index is 1.52. The number of rotatable bonds is 2. The molecule has 2 heterocycles. The Morgan fingerprint density at radius 1 is 1.26 bits per heavy atom. The van der Waals surface area contributed by atoms with Crippen molar-refractivity contribution in [3.8, 4) is 0 Å². The van der Waals surface area contributed by atoms with Crippen LogP contribution < -0.4 is 0 Å². The van der Waals surface area contributed by atoms with Crippen LogP contribution in [-0.4, -0.2) is 24.3 Å². The van der Waals surface area contributed by atoms with Crippen molar-refractivity contribution in [3.05, 3.63) is 34.6 Å². The molecule has 5 nitrogen and oxygen atoms in total. The van der Waals surface area contributed by atoms with E-state index in [0.29, 0.717) is 17.1 Å². The molecule has 23 heavy (non-hydrogen) atoms. The normalized spacial score (nSPS) is 37.5. The SMILES string of the molecule is CC1=CC(O/C=C2/C(=O)OC3C4=C(CCCC4C)CC23)OC1=O. The molecule has 0 aromatic carbocycles. The van der Waals surface area contributed by atoms with Crippen LogP contribution in [0, 0.1) is 11.8 Å². The zero-order valence-electron chi connectivity index (χ0n) is 13.3. The van der Waals surface area contributed by atoms with Gasteiger partial charge in [-0.2, -0.15) is 0 Å². The number of carbonyl (C=O) groups is 2. The predicted octanol–water partition coefficient (Wildman–Crippen LogP) is 2.78. The fraction of sp³-hybridized carbons (Fsp3) is 0.556. The van der Waals surface area contributed by atoms with Gasteiger partial charge in [-0.25, -0.2) is 9.59 Å². The molecule has 0 saturated carbocycles. The van der Waals surface area contributed by atoms with Crippen molar-refractivity contribution in [2.45, 2.75) is 51.9 Å². The van der Waals surface area contributed by atoms with Crippen molar-refractivity contribution in [2.24, 2.45) is 11.8 Å². The maximum Gasteiger partial charge on any atom is 0.338 e. The van der Waals surface area contributed by atoms with E-state index in [0.717, 1.165) is 19.3 Å². The van der Waals surface area contributed by atoms with Gasteiger partial charge in [-0.05, 0) is 44.1 Å². The Hall–Kier alpha value is -2.04. The summed E-state index contributed by atoms with van der Waals surface area (Å²) >= 11 is 0. The number of allylic oxidation sites excluding steroid dienone is 1. The van der Waals surface area contributed by atoms with Gasteiger partial charge < -0.3 is 14.2 Å². The quantitative estimate of drug-likeness (QED) is 0.339. The fourth-order valence-corrected chi connectivity index (χ4v) is 4.16. The molecule has 0 aromatic heterocycles. The van der Waals surface area contributed by atoms with Crippen LogP contribution >= 0.6 is 0 Å². The smallest absolute Gasteiger partial charge is 0.338 e. The van der Waals surface area contributed by atoms with Crippen molar-refractivity contribution >= 4 is 11.9 Å². The van der Waals surface area contributed by atoms with Gasteiger partial charge in [0.05, 0.1) is 11.8 Å². The van der Waals surface area contributed by atoms with Crippen LogP contribution in [0.1, 0.15) is 39.5 Å². The van der Waals surface area contributed by atoms with Crippen LogP contribution in [0.4, 0.5) is 0 Å². The average Bonchev–Trinajstić information content (AvgIpc) is 3.10. The maximum atomic E-state index is 12.2. The van der Waals surface area contributed by atoms with Crippen molar-refractivity contribution in [1.29, 1.82) is 0 Å². The van der Waals surface area contributed by atoms with E-state index in [1.54, 1.807) is 13.0 Å². The summed E-state index contributed by atoms with van der Waals surface area (Å²) in [4.78, 5) is 23.5. The lowest BCUT2D eigenvalue weighted by molar-refractivity contribution is -0.152. The molecule has 122 valence electrons. The van der Waals surface area contributed by atoms with Gasteiger partial charge in [-0.1, -0.05) is 12.5 Å². The molecular weight excluding hydrogens is 296 g/mol. The minimum Gasteiger partial charge on any atom is -0.458 e. The van der Waals surface area contributed by atoms with Gasteiger partial charge in [-0.3, -0.25) is 0 Å². The van der Waals surface area contributed by atoms with Gasteiger partial charge in [0.25, 0.3) is 6.29 Å². The maximum absolute atomic E-state index is 12.2. The van der Waals surface area contributed by atoms with Gasteiger partial charge in [0.2, 0.25) is 0 Å². The molecule has 0 N–H and O–H groups in total. The third-order valence-electron chi connectivity index (χ3n) is 5.32. The van der Waals surface area contributed by atoms with Gasteiger partial charge in [0.15, 0.2) is 0 Å². The van der Waals surface area contributed by atoms with Crippen LogP contribution in [-0.2, 0) is 23.8 Å². The average molecular weight is 316 g/mol. The topological polar surface area (TPSA) is 61.8 Å². The third-order valence-corrected chi connectivity index (χ3v) is 5.32. The third kappa shape index (κ3) is 2.30. The summed E-state index contributed by atoms with van der Waals surface area (Å²) < 4.78 is 16.1. The van der Waals surface area contributed by atoms with Crippen LogP contribution in [0.3, 0.4) is 0 Å². The summed E-state index contributed by atoms with van der Waals surface area (Å²) in [5.41, 5.74) is 3.87. The van der Waals surface area contributed by atoms with Gasteiger partial charge in [0.1, 0.15) is 6.10 Å².